The highest BCUT2D eigenvalue weighted by molar-refractivity contribution is 5.62. The molecule has 1 aliphatic heterocycles. The maximum atomic E-state index is 5.21. The molecule has 1 aromatic rings. The fourth-order valence-corrected chi connectivity index (χ4v) is 1.99. The molecule has 0 fully saturated rings. The Morgan fingerprint density at radius 1 is 1.50 bits per heavy atom. The number of methoxy groups -OCH3 is 1. The second-order valence-electron chi connectivity index (χ2n) is 3.65. The summed E-state index contributed by atoms with van der Waals surface area (Å²) in [6, 6.07) is 6.69. The van der Waals surface area contributed by atoms with Crippen LogP contribution in [0.5, 0.6) is 5.75 Å². The van der Waals surface area contributed by atoms with Gasteiger partial charge in [-0.25, -0.2) is 0 Å². The Labute approximate surface area is 84.7 Å². The molecule has 76 valence electrons. The highest BCUT2D eigenvalue weighted by Gasteiger charge is 2.24. The van der Waals surface area contributed by atoms with E-state index in [2.05, 4.69) is 29.4 Å². The molecule has 3 heteroatoms. The highest BCUT2D eigenvalue weighted by Crippen LogP contribution is 2.35. The molecule has 1 aliphatic rings. The van der Waals surface area contributed by atoms with Crippen LogP contribution in [0.2, 0.25) is 0 Å². The van der Waals surface area contributed by atoms with E-state index in [-0.39, 0.29) is 0 Å². The number of fused-ring (bicyclic) bond motifs is 1. The second-order valence-corrected chi connectivity index (χ2v) is 3.65. The summed E-state index contributed by atoms with van der Waals surface area (Å²) in [5, 5.41) is 3.31. The van der Waals surface area contributed by atoms with E-state index in [1.54, 1.807) is 7.11 Å². The van der Waals surface area contributed by atoms with E-state index in [9.17, 15) is 0 Å². The van der Waals surface area contributed by atoms with Crippen molar-refractivity contribution in [1.29, 1.82) is 0 Å². The molecule has 1 heterocycles. The Morgan fingerprint density at radius 3 is 2.93 bits per heavy atom. The monoisotopic (exact) mass is 192 g/mol. The maximum Gasteiger partial charge on any atom is 0.120 e. The van der Waals surface area contributed by atoms with Gasteiger partial charge in [-0.1, -0.05) is 6.07 Å². The van der Waals surface area contributed by atoms with Gasteiger partial charge in [0.2, 0.25) is 0 Å². The van der Waals surface area contributed by atoms with Crippen molar-refractivity contribution >= 4 is 5.69 Å². The molecule has 1 N–H and O–H groups in total. The predicted octanol–water partition coefficient (Wildman–Crippen LogP) is 1.41. The largest absolute Gasteiger partial charge is 0.497 e. The van der Waals surface area contributed by atoms with E-state index in [0.717, 1.165) is 12.3 Å². The number of nitrogens with one attached hydrogen (secondary N) is 1. The number of benzene rings is 1. The first kappa shape index (κ1) is 9.34. The standard InChI is InChI=1S/C11H16N2O/c1-12-10-7-13(2)11-6-8(14-3)4-5-9(10)11/h4-6,10,12H,7H2,1-3H3. The Morgan fingerprint density at radius 2 is 2.29 bits per heavy atom. The Bertz CT molecular complexity index is 338. The van der Waals surface area contributed by atoms with Gasteiger partial charge in [0, 0.05) is 25.3 Å². The quantitative estimate of drug-likeness (QED) is 0.766. The third kappa shape index (κ3) is 1.34. The molecular weight excluding hydrogens is 176 g/mol. The van der Waals surface area contributed by atoms with Crippen molar-refractivity contribution in [2.45, 2.75) is 6.04 Å². The summed E-state index contributed by atoms with van der Waals surface area (Å²) in [5.74, 6) is 0.923. The van der Waals surface area contributed by atoms with Crippen LogP contribution in [0.3, 0.4) is 0 Å². The number of hydrogen-bond donors (Lipinski definition) is 1. The van der Waals surface area contributed by atoms with Crippen molar-refractivity contribution in [2.75, 3.05) is 32.6 Å². The van der Waals surface area contributed by atoms with Gasteiger partial charge < -0.3 is 15.0 Å². The molecule has 1 atom stereocenters. The van der Waals surface area contributed by atoms with E-state index in [4.69, 9.17) is 4.74 Å². The number of hydrogen-bond acceptors (Lipinski definition) is 3. The second kappa shape index (κ2) is 3.50. The molecule has 1 aromatic carbocycles. The van der Waals surface area contributed by atoms with Crippen molar-refractivity contribution in [2.24, 2.45) is 0 Å². The van der Waals surface area contributed by atoms with Gasteiger partial charge in [0.15, 0.2) is 0 Å². The minimum Gasteiger partial charge on any atom is -0.497 e. The van der Waals surface area contributed by atoms with Crippen LogP contribution in [-0.4, -0.2) is 27.7 Å². The van der Waals surface area contributed by atoms with E-state index < -0.39 is 0 Å². The van der Waals surface area contributed by atoms with E-state index in [1.165, 1.54) is 11.3 Å². The SMILES string of the molecule is CNC1CN(C)c2cc(OC)ccc21. The molecule has 2 rings (SSSR count). The smallest absolute Gasteiger partial charge is 0.120 e. The molecule has 0 aromatic heterocycles. The third-order valence-corrected chi connectivity index (χ3v) is 2.83. The van der Waals surface area contributed by atoms with Crippen molar-refractivity contribution in [3.8, 4) is 5.75 Å². The molecule has 0 saturated heterocycles. The van der Waals surface area contributed by atoms with Crippen molar-refractivity contribution in [3.05, 3.63) is 23.8 Å². The van der Waals surface area contributed by atoms with Crippen molar-refractivity contribution < 1.29 is 4.74 Å². The number of rotatable bonds is 2. The number of nitrogens with zero attached hydrogens (tertiary/aromatic N) is 1. The summed E-state index contributed by atoms with van der Waals surface area (Å²) in [6.07, 6.45) is 0. The normalized spacial score (nSPS) is 19.6. The average Bonchev–Trinajstić information content (AvgIpc) is 2.55. The van der Waals surface area contributed by atoms with Gasteiger partial charge in [-0.05, 0) is 18.7 Å². The van der Waals surface area contributed by atoms with Gasteiger partial charge in [-0.2, -0.15) is 0 Å². The average molecular weight is 192 g/mol. The predicted molar refractivity (Wildman–Crippen MR) is 58.1 cm³/mol. The molecule has 0 spiro atoms. The van der Waals surface area contributed by atoms with Crippen LogP contribution in [0.15, 0.2) is 18.2 Å². The van der Waals surface area contributed by atoms with Crippen LogP contribution in [0.25, 0.3) is 0 Å². The van der Waals surface area contributed by atoms with Crippen LogP contribution < -0.4 is 15.0 Å². The summed E-state index contributed by atoms with van der Waals surface area (Å²) in [4.78, 5) is 2.25. The summed E-state index contributed by atoms with van der Waals surface area (Å²) >= 11 is 0. The lowest BCUT2D eigenvalue weighted by Crippen LogP contribution is -2.22. The van der Waals surface area contributed by atoms with Gasteiger partial charge in [0.05, 0.1) is 13.2 Å². The molecule has 3 nitrogen and oxygen atoms in total. The number of anilines is 1. The highest BCUT2D eigenvalue weighted by atomic mass is 16.5. The van der Waals surface area contributed by atoms with E-state index in [1.807, 2.05) is 13.1 Å². The van der Waals surface area contributed by atoms with Gasteiger partial charge in [0.1, 0.15) is 5.75 Å². The van der Waals surface area contributed by atoms with E-state index in [0.29, 0.717) is 6.04 Å². The van der Waals surface area contributed by atoms with Crippen molar-refractivity contribution in [3.63, 3.8) is 0 Å². The minimum absolute atomic E-state index is 0.445. The lowest BCUT2D eigenvalue weighted by molar-refractivity contribution is 0.415. The molecule has 0 aliphatic carbocycles. The van der Waals surface area contributed by atoms with Crippen molar-refractivity contribution in [1.82, 2.24) is 5.32 Å². The van der Waals surface area contributed by atoms with Gasteiger partial charge >= 0.3 is 0 Å². The zero-order chi connectivity index (χ0) is 10.1. The van der Waals surface area contributed by atoms with Gasteiger partial charge in [-0.15, -0.1) is 0 Å². The number of likely N-dealkylation sites (N-methyl/N-ethyl adjacent to an activating group) is 2. The summed E-state index contributed by atoms with van der Waals surface area (Å²) < 4.78 is 5.21. The zero-order valence-corrected chi connectivity index (χ0v) is 8.87. The topological polar surface area (TPSA) is 24.5 Å². The molecule has 0 bridgehead atoms. The zero-order valence-electron chi connectivity index (χ0n) is 8.87. The van der Waals surface area contributed by atoms with Gasteiger partial charge in [-0.3, -0.25) is 0 Å². The fraction of sp³-hybridized carbons (Fsp3) is 0.455. The van der Waals surface area contributed by atoms with Crippen LogP contribution in [0.1, 0.15) is 11.6 Å². The summed E-state index contributed by atoms with van der Waals surface area (Å²) in [5.41, 5.74) is 2.62. The van der Waals surface area contributed by atoms with Crippen LogP contribution in [-0.2, 0) is 0 Å². The molecular formula is C11H16N2O. The molecule has 14 heavy (non-hydrogen) atoms. The van der Waals surface area contributed by atoms with Gasteiger partial charge in [0.25, 0.3) is 0 Å². The minimum atomic E-state index is 0.445. The van der Waals surface area contributed by atoms with Crippen LogP contribution >= 0.6 is 0 Å². The molecule has 0 saturated carbocycles. The lowest BCUT2D eigenvalue weighted by Gasteiger charge is -2.12. The lowest BCUT2D eigenvalue weighted by atomic mass is 10.1. The molecule has 0 amide bonds. The first-order valence-electron chi connectivity index (χ1n) is 4.82. The first-order valence-corrected chi connectivity index (χ1v) is 4.82. The van der Waals surface area contributed by atoms with Crippen LogP contribution in [0.4, 0.5) is 5.69 Å². The third-order valence-electron chi connectivity index (χ3n) is 2.83. The Balaban J connectivity index is 2.41. The fourth-order valence-electron chi connectivity index (χ4n) is 1.99. The Kier molecular flexibility index (Phi) is 2.33. The number of ether oxygens (including phenoxy) is 1. The molecule has 1 unspecified atom stereocenters. The Hall–Kier alpha value is -1.22. The molecule has 0 radical (unpaired) electrons. The summed E-state index contributed by atoms with van der Waals surface area (Å²) in [6.45, 7) is 1.03. The first-order chi connectivity index (χ1) is 6.76. The van der Waals surface area contributed by atoms with Crippen LogP contribution in [0, 0.1) is 0 Å². The van der Waals surface area contributed by atoms with E-state index >= 15 is 0 Å². The maximum absolute atomic E-state index is 5.21. The summed E-state index contributed by atoms with van der Waals surface area (Å²) in [7, 11) is 5.81.